The van der Waals surface area contributed by atoms with Crippen molar-refractivity contribution in [2.45, 2.75) is 71.6 Å². The van der Waals surface area contributed by atoms with Crippen LogP contribution in [0.3, 0.4) is 0 Å². The highest BCUT2D eigenvalue weighted by Gasteiger charge is 2.04. The van der Waals surface area contributed by atoms with Crippen LogP contribution in [0.25, 0.3) is 0 Å². The fourth-order valence-corrected chi connectivity index (χ4v) is 2.22. The summed E-state index contributed by atoms with van der Waals surface area (Å²) in [6.07, 6.45) is 12.2. The summed E-state index contributed by atoms with van der Waals surface area (Å²) in [6, 6.07) is 0. The minimum Gasteiger partial charge on any atom is -0.461 e. The summed E-state index contributed by atoms with van der Waals surface area (Å²) < 4.78 is 5.09. The maximum Gasteiger partial charge on any atom is 0.333 e. The first-order chi connectivity index (χ1) is 10.1. The molecule has 0 amide bonds. The number of rotatable bonds is 14. The average Bonchev–Trinajstić information content (AvgIpc) is 2.45. The third kappa shape index (κ3) is 16.0. The second-order valence-corrected chi connectivity index (χ2v) is 6.05. The van der Waals surface area contributed by atoms with Crippen LogP contribution in [-0.4, -0.2) is 37.6 Å². The van der Waals surface area contributed by atoms with Gasteiger partial charge in [0.05, 0.1) is 0 Å². The molecule has 0 unspecified atom stereocenters. The van der Waals surface area contributed by atoms with Crippen LogP contribution in [-0.2, 0) is 9.53 Å². The molecule has 0 fully saturated rings. The molecule has 0 atom stereocenters. The zero-order valence-electron chi connectivity index (χ0n) is 14.9. The number of halogens is 1. The summed E-state index contributed by atoms with van der Waals surface area (Å²) in [5, 5.41) is 0. The van der Waals surface area contributed by atoms with E-state index in [4.69, 9.17) is 4.74 Å². The molecule has 0 N–H and O–H groups in total. The van der Waals surface area contributed by atoms with E-state index < -0.39 is 0 Å². The molecule has 0 aromatic carbocycles. The summed E-state index contributed by atoms with van der Waals surface area (Å²) in [4.78, 5) is 13.4. The van der Waals surface area contributed by atoms with Crippen molar-refractivity contribution in [1.29, 1.82) is 0 Å². The number of hydrogen-bond donors (Lipinski definition) is 0. The lowest BCUT2D eigenvalue weighted by Gasteiger charge is -2.16. The smallest absolute Gasteiger partial charge is 0.333 e. The van der Waals surface area contributed by atoms with Crippen molar-refractivity contribution in [2.75, 3.05) is 26.7 Å². The number of esters is 1. The number of unbranched alkanes of at least 4 members (excludes halogenated alkanes) is 8. The molecule has 0 heterocycles. The monoisotopic (exact) mass is 377 g/mol. The van der Waals surface area contributed by atoms with Crippen molar-refractivity contribution in [3.05, 3.63) is 12.2 Å². The fourth-order valence-electron chi connectivity index (χ4n) is 2.22. The Kier molecular flexibility index (Phi) is 18.5. The van der Waals surface area contributed by atoms with E-state index in [0.717, 1.165) is 13.1 Å². The van der Waals surface area contributed by atoms with Crippen LogP contribution in [0.5, 0.6) is 0 Å². The van der Waals surface area contributed by atoms with Crippen molar-refractivity contribution >= 4 is 23.0 Å². The molecule has 0 aliphatic rings. The van der Waals surface area contributed by atoms with Gasteiger partial charge in [0, 0.05) is 12.1 Å². The van der Waals surface area contributed by atoms with Gasteiger partial charge in [-0.25, -0.2) is 4.79 Å². The van der Waals surface area contributed by atoms with Gasteiger partial charge in [0.25, 0.3) is 0 Å². The summed E-state index contributed by atoms with van der Waals surface area (Å²) in [7, 11) is 2.08. The maximum absolute atomic E-state index is 11.2. The molecule has 0 aliphatic heterocycles. The van der Waals surface area contributed by atoms with E-state index in [1.807, 2.05) is 0 Å². The fraction of sp³-hybridized carbons (Fsp3) is 0.833. The van der Waals surface area contributed by atoms with Crippen LogP contribution in [0.4, 0.5) is 0 Å². The third-order valence-corrected chi connectivity index (χ3v) is 3.70. The summed E-state index contributed by atoms with van der Waals surface area (Å²) in [5.41, 5.74) is 0.469. The molecule has 0 saturated heterocycles. The van der Waals surface area contributed by atoms with E-state index in [9.17, 15) is 4.79 Å². The van der Waals surface area contributed by atoms with E-state index >= 15 is 0 Å². The Morgan fingerprint density at radius 2 is 1.45 bits per heavy atom. The van der Waals surface area contributed by atoms with Crippen molar-refractivity contribution in [3.8, 4) is 0 Å². The van der Waals surface area contributed by atoms with Gasteiger partial charge in [-0.15, -0.1) is 17.0 Å². The normalized spacial score (nSPS) is 10.4. The molecule has 0 radical (unpaired) electrons. The number of carbonyl (C=O) groups excluding carboxylic acids is 1. The number of carbonyl (C=O) groups is 1. The molecule has 132 valence electrons. The van der Waals surface area contributed by atoms with E-state index in [1.165, 1.54) is 57.8 Å². The van der Waals surface area contributed by atoms with Crippen LogP contribution in [0, 0.1) is 0 Å². The third-order valence-electron chi connectivity index (χ3n) is 3.70. The Morgan fingerprint density at radius 1 is 0.955 bits per heavy atom. The zero-order chi connectivity index (χ0) is 15.9. The van der Waals surface area contributed by atoms with Gasteiger partial charge in [-0.3, -0.25) is 0 Å². The van der Waals surface area contributed by atoms with Crippen LogP contribution in [0.2, 0.25) is 0 Å². The SMILES string of the molecule is Br.C=C(C)C(=O)OCCN(C)CCCCCCCCCCC. The Balaban J connectivity index is 0. The van der Waals surface area contributed by atoms with Gasteiger partial charge in [-0.2, -0.15) is 0 Å². The lowest BCUT2D eigenvalue weighted by Crippen LogP contribution is -2.25. The highest BCUT2D eigenvalue weighted by atomic mass is 79.9. The van der Waals surface area contributed by atoms with Crippen molar-refractivity contribution in [3.63, 3.8) is 0 Å². The van der Waals surface area contributed by atoms with Crippen molar-refractivity contribution in [2.24, 2.45) is 0 Å². The first kappa shape index (κ1) is 23.9. The molecule has 0 rings (SSSR count). The number of nitrogens with zero attached hydrogens (tertiary/aromatic N) is 1. The number of ether oxygens (including phenoxy) is 1. The van der Waals surface area contributed by atoms with Gasteiger partial charge in [-0.1, -0.05) is 64.9 Å². The van der Waals surface area contributed by atoms with Crippen molar-refractivity contribution in [1.82, 2.24) is 4.90 Å². The average molecular weight is 378 g/mol. The molecule has 0 bridgehead atoms. The minimum atomic E-state index is -0.286. The summed E-state index contributed by atoms with van der Waals surface area (Å²) in [5.74, 6) is -0.286. The molecule has 0 saturated carbocycles. The van der Waals surface area contributed by atoms with Crippen LogP contribution in [0.1, 0.15) is 71.6 Å². The molecule has 0 aliphatic carbocycles. The predicted octanol–water partition coefficient (Wildman–Crippen LogP) is 5.15. The summed E-state index contributed by atoms with van der Waals surface area (Å²) >= 11 is 0. The van der Waals surface area contributed by atoms with E-state index in [-0.39, 0.29) is 23.0 Å². The first-order valence-corrected chi connectivity index (χ1v) is 8.59. The zero-order valence-corrected chi connectivity index (χ0v) is 16.6. The largest absolute Gasteiger partial charge is 0.461 e. The van der Waals surface area contributed by atoms with Gasteiger partial charge < -0.3 is 9.64 Å². The topological polar surface area (TPSA) is 29.5 Å². The maximum atomic E-state index is 11.2. The predicted molar refractivity (Wildman–Crippen MR) is 101 cm³/mol. The second kappa shape index (κ2) is 17.0. The van der Waals surface area contributed by atoms with E-state index in [1.54, 1.807) is 6.92 Å². The quantitative estimate of drug-likeness (QED) is 0.238. The summed E-state index contributed by atoms with van der Waals surface area (Å²) in [6.45, 7) is 9.84. The van der Waals surface area contributed by atoms with Gasteiger partial charge >= 0.3 is 5.97 Å². The van der Waals surface area contributed by atoms with Crippen LogP contribution in [0.15, 0.2) is 12.2 Å². The molecular weight excluding hydrogens is 342 g/mol. The highest BCUT2D eigenvalue weighted by Crippen LogP contribution is 2.09. The molecule has 3 nitrogen and oxygen atoms in total. The first-order valence-electron chi connectivity index (χ1n) is 8.59. The Hall–Kier alpha value is -0.350. The minimum absolute atomic E-state index is 0. The van der Waals surface area contributed by atoms with Gasteiger partial charge in [0.2, 0.25) is 0 Å². The van der Waals surface area contributed by atoms with Gasteiger partial charge in [-0.05, 0) is 26.9 Å². The Labute approximate surface area is 148 Å². The lowest BCUT2D eigenvalue weighted by molar-refractivity contribution is -0.139. The Bertz CT molecular complexity index is 282. The molecule has 22 heavy (non-hydrogen) atoms. The van der Waals surface area contributed by atoms with Crippen LogP contribution < -0.4 is 0 Å². The number of likely N-dealkylation sites (N-methyl/N-ethyl adjacent to an activating group) is 1. The number of hydrogen-bond acceptors (Lipinski definition) is 3. The molecule has 0 spiro atoms. The lowest BCUT2D eigenvalue weighted by atomic mass is 10.1. The molecule has 0 aromatic rings. The molecule has 4 heteroatoms. The van der Waals surface area contributed by atoms with Crippen LogP contribution >= 0.6 is 17.0 Å². The molecular formula is C18H36BrNO2. The highest BCUT2D eigenvalue weighted by molar-refractivity contribution is 8.93. The van der Waals surface area contributed by atoms with Crippen molar-refractivity contribution < 1.29 is 9.53 Å². The van der Waals surface area contributed by atoms with Gasteiger partial charge in [0.1, 0.15) is 6.61 Å². The Morgan fingerprint density at radius 3 is 1.95 bits per heavy atom. The van der Waals surface area contributed by atoms with Gasteiger partial charge in [0.15, 0.2) is 0 Å². The standard InChI is InChI=1S/C18H35NO2.BrH/c1-5-6-7-8-9-10-11-12-13-14-19(4)15-16-21-18(20)17(2)3;/h2,5-16H2,1,3-4H3;1H. The van der Waals surface area contributed by atoms with E-state index in [2.05, 4.69) is 25.5 Å². The molecule has 0 aromatic heterocycles. The second-order valence-electron chi connectivity index (χ2n) is 6.05. The van der Waals surface area contributed by atoms with E-state index in [0.29, 0.717) is 12.2 Å².